The molecule has 20 heavy (non-hydrogen) atoms. The highest BCUT2D eigenvalue weighted by atomic mass is 32.1. The summed E-state index contributed by atoms with van der Waals surface area (Å²) >= 11 is 1.27. The van der Waals surface area contributed by atoms with Gasteiger partial charge < -0.3 is 10.4 Å². The lowest BCUT2D eigenvalue weighted by Gasteiger charge is -2.06. The van der Waals surface area contributed by atoms with E-state index in [1.165, 1.54) is 11.3 Å². The lowest BCUT2D eigenvalue weighted by molar-refractivity contribution is -0.135. The maximum atomic E-state index is 11.9. The first kappa shape index (κ1) is 16.5. The summed E-state index contributed by atoms with van der Waals surface area (Å²) < 4.78 is 35.7. The average Bonchev–Trinajstić information content (AvgIpc) is 2.83. The van der Waals surface area contributed by atoms with E-state index in [9.17, 15) is 18.0 Å². The van der Waals surface area contributed by atoms with Crippen LogP contribution in [0.15, 0.2) is 11.4 Å². The highest BCUT2D eigenvalue weighted by molar-refractivity contribution is 7.10. The predicted octanol–water partition coefficient (Wildman–Crippen LogP) is 2.55. The molecule has 0 saturated carbocycles. The molecule has 1 heterocycles. The average molecular weight is 305 g/mol. The number of rotatable bonds is 5. The van der Waals surface area contributed by atoms with Gasteiger partial charge in [-0.25, -0.2) is 0 Å². The monoisotopic (exact) mass is 305 g/mol. The van der Waals surface area contributed by atoms with Crippen molar-refractivity contribution < 1.29 is 23.1 Å². The summed E-state index contributed by atoms with van der Waals surface area (Å²) in [6.45, 7) is -0.0406. The zero-order valence-electron chi connectivity index (χ0n) is 10.6. The number of halogens is 3. The number of aliphatic hydroxyl groups is 1. The van der Waals surface area contributed by atoms with Crippen LogP contribution in [0.2, 0.25) is 0 Å². The number of unbranched alkanes of at least 4 members (excludes halogenated alkanes) is 1. The Hall–Kier alpha value is -1.52. The van der Waals surface area contributed by atoms with Gasteiger partial charge in [-0.3, -0.25) is 4.79 Å². The van der Waals surface area contributed by atoms with Gasteiger partial charge in [-0.15, -0.1) is 11.3 Å². The van der Waals surface area contributed by atoms with E-state index in [0.29, 0.717) is 10.4 Å². The lowest BCUT2D eigenvalue weighted by Crippen LogP contribution is -2.24. The zero-order chi connectivity index (χ0) is 15.0. The van der Waals surface area contributed by atoms with Crippen LogP contribution < -0.4 is 5.32 Å². The molecule has 0 radical (unpaired) electrons. The van der Waals surface area contributed by atoms with Crippen LogP contribution in [0.3, 0.4) is 0 Å². The second kappa shape index (κ2) is 7.92. The minimum absolute atomic E-state index is 0.000637. The van der Waals surface area contributed by atoms with Gasteiger partial charge in [-0.2, -0.15) is 13.2 Å². The number of alkyl halides is 3. The first-order chi connectivity index (χ1) is 9.42. The number of hydrogen-bond donors (Lipinski definition) is 2. The van der Waals surface area contributed by atoms with Gasteiger partial charge in [0, 0.05) is 18.3 Å². The summed E-state index contributed by atoms with van der Waals surface area (Å²) in [6, 6.07) is 1.58. The van der Waals surface area contributed by atoms with Gasteiger partial charge in [0.2, 0.25) is 0 Å². The molecule has 0 aliphatic heterocycles. The molecule has 0 atom stereocenters. The molecule has 110 valence electrons. The molecule has 3 nitrogen and oxygen atoms in total. The van der Waals surface area contributed by atoms with E-state index in [2.05, 4.69) is 17.2 Å². The first-order valence-corrected chi connectivity index (χ1v) is 6.83. The van der Waals surface area contributed by atoms with Crippen molar-refractivity contribution in [3.8, 4) is 11.8 Å². The molecule has 0 unspecified atom stereocenters. The van der Waals surface area contributed by atoms with E-state index in [4.69, 9.17) is 5.11 Å². The van der Waals surface area contributed by atoms with E-state index in [-0.39, 0.29) is 31.9 Å². The molecule has 0 fully saturated rings. The van der Waals surface area contributed by atoms with Gasteiger partial charge >= 0.3 is 6.18 Å². The van der Waals surface area contributed by atoms with E-state index >= 15 is 0 Å². The Morgan fingerprint density at radius 2 is 2.15 bits per heavy atom. The van der Waals surface area contributed by atoms with Crippen molar-refractivity contribution in [2.45, 2.75) is 25.4 Å². The summed E-state index contributed by atoms with van der Waals surface area (Å²) in [4.78, 5) is 12.3. The quantitative estimate of drug-likeness (QED) is 0.649. The SMILES string of the molecule is O=C(NCCCCC(F)(F)F)c1csc(C#CCO)c1. The van der Waals surface area contributed by atoms with E-state index in [1.807, 2.05) is 0 Å². The van der Waals surface area contributed by atoms with Crippen molar-refractivity contribution >= 4 is 17.2 Å². The Balaban J connectivity index is 2.31. The number of carbonyl (C=O) groups excluding carboxylic acids is 1. The number of aliphatic hydroxyl groups excluding tert-OH is 1. The Bertz CT molecular complexity index is 500. The largest absolute Gasteiger partial charge is 0.389 e. The summed E-state index contributed by atoms with van der Waals surface area (Å²) in [6.07, 6.45) is -4.69. The molecule has 0 aliphatic carbocycles. The molecule has 0 aromatic carbocycles. The first-order valence-electron chi connectivity index (χ1n) is 5.95. The van der Waals surface area contributed by atoms with Crippen LogP contribution in [0.25, 0.3) is 0 Å². The topological polar surface area (TPSA) is 49.3 Å². The van der Waals surface area contributed by atoms with Crippen LogP contribution in [0.1, 0.15) is 34.5 Å². The molecule has 7 heteroatoms. The Morgan fingerprint density at radius 3 is 2.80 bits per heavy atom. The number of amides is 1. The van der Waals surface area contributed by atoms with E-state index < -0.39 is 12.6 Å². The molecule has 1 amide bonds. The fourth-order valence-corrected chi connectivity index (χ4v) is 2.16. The fraction of sp³-hybridized carbons (Fsp3) is 0.462. The van der Waals surface area contributed by atoms with Crippen LogP contribution in [-0.4, -0.2) is 30.3 Å². The van der Waals surface area contributed by atoms with Crippen molar-refractivity contribution in [1.82, 2.24) is 5.32 Å². The third kappa shape index (κ3) is 6.59. The highest BCUT2D eigenvalue weighted by Crippen LogP contribution is 2.21. The van der Waals surface area contributed by atoms with Gasteiger partial charge in [0.15, 0.2) is 0 Å². The molecule has 0 saturated heterocycles. The van der Waals surface area contributed by atoms with E-state index in [1.54, 1.807) is 11.4 Å². The number of carbonyl (C=O) groups is 1. The second-order valence-corrected chi connectivity index (χ2v) is 4.90. The maximum absolute atomic E-state index is 11.9. The summed E-state index contributed by atoms with van der Waals surface area (Å²) in [7, 11) is 0. The van der Waals surface area contributed by atoms with Crippen LogP contribution in [0.4, 0.5) is 13.2 Å². The third-order valence-corrected chi connectivity index (χ3v) is 3.17. The number of nitrogens with one attached hydrogen (secondary N) is 1. The molecule has 2 N–H and O–H groups in total. The van der Waals surface area contributed by atoms with Crippen LogP contribution >= 0.6 is 11.3 Å². The number of hydrogen-bond acceptors (Lipinski definition) is 3. The molecule has 0 spiro atoms. The number of thiophene rings is 1. The highest BCUT2D eigenvalue weighted by Gasteiger charge is 2.25. The van der Waals surface area contributed by atoms with Gasteiger partial charge in [0.1, 0.15) is 6.61 Å². The van der Waals surface area contributed by atoms with Crippen molar-refractivity contribution in [3.05, 3.63) is 21.9 Å². The Kier molecular flexibility index (Phi) is 6.55. The van der Waals surface area contributed by atoms with Crippen LogP contribution in [0, 0.1) is 11.8 Å². The maximum Gasteiger partial charge on any atom is 0.389 e. The molecular weight excluding hydrogens is 291 g/mol. The Labute approximate surface area is 118 Å². The molecule has 0 aliphatic rings. The van der Waals surface area contributed by atoms with Gasteiger partial charge in [0.25, 0.3) is 5.91 Å². The van der Waals surface area contributed by atoms with Crippen molar-refractivity contribution in [3.63, 3.8) is 0 Å². The van der Waals surface area contributed by atoms with Crippen molar-refractivity contribution in [1.29, 1.82) is 0 Å². The lowest BCUT2D eigenvalue weighted by atomic mass is 10.2. The smallest absolute Gasteiger partial charge is 0.384 e. The second-order valence-electron chi connectivity index (χ2n) is 3.99. The van der Waals surface area contributed by atoms with Crippen molar-refractivity contribution in [2.24, 2.45) is 0 Å². The summed E-state index contributed by atoms with van der Waals surface area (Å²) in [5.41, 5.74) is 0.424. The minimum atomic E-state index is -4.14. The molecule has 1 rings (SSSR count). The predicted molar refractivity (Wildman–Crippen MR) is 70.5 cm³/mol. The standard InChI is InChI=1S/C13H14F3NO2S/c14-13(15,16)5-1-2-6-17-12(19)10-8-11(20-9-10)4-3-7-18/h8-9,18H,1-2,5-7H2,(H,17,19). The summed E-state index contributed by atoms with van der Waals surface area (Å²) in [5.74, 6) is 4.82. The van der Waals surface area contributed by atoms with Gasteiger partial charge in [-0.05, 0) is 18.9 Å². The molecule has 0 bridgehead atoms. The third-order valence-electron chi connectivity index (χ3n) is 2.32. The minimum Gasteiger partial charge on any atom is -0.384 e. The van der Waals surface area contributed by atoms with Gasteiger partial charge in [0.05, 0.1) is 10.4 Å². The molecule has 1 aromatic heterocycles. The van der Waals surface area contributed by atoms with E-state index in [0.717, 1.165) is 0 Å². The Morgan fingerprint density at radius 1 is 1.40 bits per heavy atom. The zero-order valence-corrected chi connectivity index (χ0v) is 11.4. The fourth-order valence-electron chi connectivity index (χ4n) is 1.40. The normalized spacial score (nSPS) is 10.8. The molecule has 1 aromatic rings. The van der Waals surface area contributed by atoms with Crippen LogP contribution in [0.5, 0.6) is 0 Å². The van der Waals surface area contributed by atoms with Crippen molar-refractivity contribution in [2.75, 3.05) is 13.2 Å². The van der Waals surface area contributed by atoms with Gasteiger partial charge in [-0.1, -0.05) is 11.8 Å². The molecular formula is C13H14F3NO2S. The van der Waals surface area contributed by atoms with Crippen LogP contribution in [-0.2, 0) is 0 Å². The summed E-state index contributed by atoms with van der Waals surface area (Å²) in [5, 5.41) is 12.7.